The third-order valence-corrected chi connectivity index (χ3v) is 7.13. The second kappa shape index (κ2) is 7.84. The quantitative estimate of drug-likeness (QED) is 0.769. The predicted molar refractivity (Wildman–Crippen MR) is 101 cm³/mol. The van der Waals surface area contributed by atoms with Crippen molar-refractivity contribution >= 4 is 15.7 Å². The van der Waals surface area contributed by atoms with Gasteiger partial charge in [0.05, 0.1) is 20.3 Å². The van der Waals surface area contributed by atoms with Gasteiger partial charge in [0.1, 0.15) is 0 Å². The highest BCUT2D eigenvalue weighted by Crippen LogP contribution is 2.34. The van der Waals surface area contributed by atoms with Crippen LogP contribution in [0.5, 0.6) is 11.5 Å². The van der Waals surface area contributed by atoms with Gasteiger partial charge in [-0.15, -0.1) is 0 Å². The minimum absolute atomic E-state index is 0.273. The van der Waals surface area contributed by atoms with Crippen molar-refractivity contribution in [3.05, 3.63) is 23.3 Å². The summed E-state index contributed by atoms with van der Waals surface area (Å²) in [4.78, 5) is 13.0. The third kappa shape index (κ3) is 3.81. The second-order valence-corrected chi connectivity index (χ2v) is 9.10. The fraction of sp³-hybridized carbons (Fsp3) is 0.611. The first-order valence-corrected chi connectivity index (χ1v) is 10.5. The molecule has 1 atom stereocenters. The van der Waals surface area contributed by atoms with E-state index in [1.807, 2.05) is 26.0 Å². The zero-order chi connectivity index (χ0) is 19.5. The van der Waals surface area contributed by atoms with Crippen molar-refractivity contribution in [3.8, 4) is 11.5 Å². The van der Waals surface area contributed by atoms with Crippen molar-refractivity contribution in [2.75, 3.05) is 33.6 Å². The molecular weight excluding hydrogens is 356 g/mol. The lowest BCUT2D eigenvalue weighted by molar-refractivity contribution is -0.125. The highest BCUT2D eigenvalue weighted by molar-refractivity contribution is 7.92. The molecule has 7 nitrogen and oxygen atoms in total. The van der Waals surface area contributed by atoms with E-state index in [0.717, 1.165) is 17.4 Å². The number of sulfone groups is 1. The van der Waals surface area contributed by atoms with Gasteiger partial charge in [-0.25, -0.2) is 8.42 Å². The lowest BCUT2D eigenvalue weighted by Crippen LogP contribution is -2.57. The molecule has 1 aromatic rings. The number of hydrogen-bond acceptors (Lipinski definition) is 6. The molecule has 1 aromatic carbocycles. The number of piperidine rings is 1. The molecule has 0 radical (unpaired) electrons. The van der Waals surface area contributed by atoms with E-state index < -0.39 is 20.5 Å². The lowest BCUT2D eigenvalue weighted by Gasteiger charge is -2.35. The molecule has 1 fully saturated rings. The molecule has 0 saturated carbocycles. The Morgan fingerprint density at radius 1 is 1.19 bits per heavy atom. The standard InChI is InChI=1S/C18H28N2O5S/c1-12-10-15(24-3)16(25-4)11-14(12)13(2)20-17(21)18(26(5,22)23)6-8-19-9-7-18/h10-11,13,19H,6-9H2,1-5H3,(H,20,21). The van der Waals surface area contributed by atoms with Crippen molar-refractivity contribution < 1.29 is 22.7 Å². The zero-order valence-electron chi connectivity index (χ0n) is 16.0. The van der Waals surface area contributed by atoms with Crippen molar-refractivity contribution in [1.82, 2.24) is 10.6 Å². The summed E-state index contributed by atoms with van der Waals surface area (Å²) in [5, 5.41) is 6.01. The first-order valence-electron chi connectivity index (χ1n) is 8.60. The monoisotopic (exact) mass is 384 g/mol. The number of hydrogen-bond donors (Lipinski definition) is 2. The lowest BCUT2D eigenvalue weighted by atomic mass is 9.94. The summed E-state index contributed by atoms with van der Waals surface area (Å²) in [6.45, 7) is 4.76. The SMILES string of the molecule is COc1cc(C)c(C(C)NC(=O)C2(S(C)(=O)=O)CCNCC2)cc1OC. The molecular formula is C18H28N2O5S. The molecule has 0 aliphatic carbocycles. The van der Waals surface area contributed by atoms with Crippen LogP contribution in [0.25, 0.3) is 0 Å². The Balaban J connectivity index is 2.31. The van der Waals surface area contributed by atoms with Gasteiger partial charge < -0.3 is 20.1 Å². The van der Waals surface area contributed by atoms with Gasteiger partial charge in [-0.3, -0.25) is 4.79 Å². The van der Waals surface area contributed by atoms with Crippen LogP contribution in [0.3, 0.4) is 0 Å². The Morgan fingerprint density at radius 2 is 1.73 bits per heavy atom. The third-order valence-electron chi connectivity index (χ3n) is 5.12. The van der Waals surface area contributed by atoms with Crippen molar-refractivity contribution in [2.45, 2.75) is 37.5 Å². The Kier molecular flexibility index (Phi) is 6.18. The number of benzene rings is 1. The Bertz CT molecular complexity index is 770. The summed E-state index contributed by atoms with van der Waals surface area (Å²) in [6, 6.07) is 3.29. The van der Waals surface area contributed by atoms with Crippen molar-refractivity contribution in [3.63, 3.8) is 0 Å². The van der Waals surface area contributed by atoms with E-state index in [0.29, 0.717) is 24.6 Å². The number of nitrogens with one attached hydrogen (secondary N) is 2. The van der Waals surface area contributed by atoms with Crippen LogP contribution in [-0.4, -0.2) is 52.6 Å². The molecule has 1 heterocycles. The number of carbonyl (C=O) groups excluding carboxylic acids is 1. The number of amides is 1. The van der Waals surface area contributed by atoms with Gasteiger partial charge >= 0.3 is 0 Å². The summed E-state index contributed by atoms with van der Waals surface area (Å²) >= 11 is 0. The zero-order valence-corrected chi connectivity index (χ0v) is 16.8. The molecule has 8 heteroatoms. The summed E-state index contributed by atoms with van der Waals surface area (Å²) in [5.41, 5.74) is 1.78. The minimum atomic E-state index is -3.54. The summed E-state index contributed by atoms with van der Waals surface area (Å²) < 4.78 is 34.0. The number of rotatable bonds is 6. The van der Waals surface area contributed by atoms with Gasteiger partial charge in [-0.1, -0.05) is 0 Å². The first-order chi connectivity index (χ1) is 12.2. The highest BCUT2D eigenvalue weighted by Gasteiger charge is 2.48. The molecule has 0 spiro atoms. The number of aryl methyl sites for hydroxylation is 1. The summed E-state index contributed by atoms with van der Waals surface area (Å²) in [6.07, 6.45) is 1.69. The van der Waals surface area contributed by atoms with Crippen LogP contribution in [0.2, 0.25) is 0 Å². The topological polar surface area (TPSA) is 93.7 Å². The van der Waals surface area contributed by atoms with E-state index in [4.69, 9.17) is 9.47 Å². The smallest absolute Gasteiger partial charge is 0.242 e. The van der Waals surface area contributed by atoms with Crippen LogP contribution in [0.4, 0.5) is 0 Å². The molecule has 1 unspecified atom stereocenters. The van der Waals surface area contributed by atoms with E-state index in [-0.39, 0.29) is 18.9 Å². The fourth-order valence-corrected chi connectivity index (χ4v) is 4.81. The van der Waals surface area contributed by atoms with Gasteiger partial charge in [0.2, 0.25) is 5.91 Å². The minimum Gasteiger partial charge on any atom is -0.493 e. The van der Waals surface area contributed by atoms with Crippen molar-refractivity contribution in [1.29, 1.82) is 0 Å². The Hall–Kier alpha value is -1.80. The maximum Gasteiger partial charge on any atom is 0.242 e. The van der Waals surface area contributed by atoms with E-state index in [2.05, 4.69) is 10.6 Å². The maximum absolute atomic E-state index is 13.0. The predicted octanol–water partition coefficient (Wildman–Crippen LogP) is 1.36. The molecule has 1 aliphatic heterocycles. The van der Waals surface area contributed by atoms with Crippen LogP contribution in [0.1, 0.15) is 36.9 Å². The second-order valence-electron chi connectivity index (χ2n) is 6.78. The highest BCUT2D eigenvalue weighted by atomic mass is 32.2. The van der Waals surface area contributed by atoms with Gasteiger partial charge in [-0.2, -0.15) is 0 Å². The van der Waals surface area contributed by atoms with E-state index in [1.165, 1.54) is 0 Å². The molecule has 146 valence electrons. The molecule has 2 N–H and O–H groups in total. The van der Waals surface area contributed by atoms with E-state index >= 15 is 0 Å². The van der Waals surface area contributed by atoms with Gasteiger partial charge in [0.25, 0.3) is 0 Å². The largest absolute Gasteiger partial charge is 0.493 e. The molecule has 1 saturated heterocycles. The van der Waals surface area contributed by atoms with Crippen molar-refractivity contribution in [2.24, 2.45) is 0 Å². The molecule has 1 aliphatic rings. The van der Waals surface area contributed by atoms with Crippen LogP contribution < -0.4 is 20.1 Å². The molecule has 2 rings (SSSR count). The average molecular weight is 384 g/mol. The fourth-order valence-electron chi connectivity index (χ4n) is 3.47. The average Bonchev–Trinajstić information content (AvgIpc) is 2.60. The molecule has 0 aromatic heterocycles. The molecule has 1 amide bonds. The number of methoxy groups -OCH3 is 2. The van der Waals surface area contributed by atoms with E-state index in [9.17, 15) is 13.2 Å². The number of carbonyl (C=O) groups is 1. The van der Waals surface area contributed by atoms with Crippen LogP contribution in [0, 0.1) is 6.92 Å². The Morgan fingerprint density at radius 3 is 2.23 bits per heavy atom. The van der Waals surface area contributed by atoms with Gasteiger partial charge in [0, 0.05) is 6.26 Å². The van der Waals surface area contributed by atoms with Crippen LogP contribution in [0.15, 0.2) is 12.1 Å². The first kappa shape index (κ1) is 20.5. The van der Waals surface area contributed by atoms with Gasteiger partial charge in [0.15, 0.2) is 26.1 Å². The number of ether oxygens (including phenoxy) is 2. The van der Waals surface area contributed by atoms with Crippen LogP contribution >= 0.6 is 0 Å². The van der Waals surface area contributed by atoms with Gasteiger partial charge in [-0.05, 0) is 63.0 Å². The molecule has 26 heavy (non-hydrogen) atoms. The van der Waals surface area contributed by atoms with Crippen LogP contribution in [-0.2, 0) is 14.6 Å². The van der Waals surface area contributed by atoms with E-state index in [1.54, 1.807) is 14.2 Å². The Labute approximate surface area is 155 Å². The summed E-state index contributed by atoms with van der Waals surface area (Å²) in [7, 11) is -0.431. The maximum atomic E-state index is 13.0. The normalized spacial score (nSPS) is 18.0. The molecule has 0 bridgehead atoms. The summed E-state index contributed by atoms with van der Waals surface area (Å²) in [5.74, 6) is 0.732.